The molecule has 16 nitrogen and oxygen atoms in total. The number of hydrogen-bond donors (Lipinski definition) is 7. The van der Waals surface area contributed by atoms with Gasteiger partial charge in [-0.3, -0.25) is 19.2 Å². The van der Waals surface area contributed by atoms with Crippen LogP contribution in [0.1, 0.15) is 89.9 Å². The Morgan fingerprint density at radius 3 is 1.49 bits per heavy atom. The van der Waals surface area contributed by atoms with Crippen LogP contribution in [0, 0.1) is 0 Å². The van der Waals surface area contributed by atoms with Crippen LogP contribution in [0.5, 0.6) is 0 Å². The number of carboxylic acid groups (broad SMARTS) is 2. The van der Waals surface area contributed by atoms with Crippen LogP contribution in [0.25, 0.3) is 0 Å². The third-order valence-corrected chi connectivity index (χ3v) is 6.81. The molecule has 0 unspecified atom stereocenters. The van der Waals surface area contributed by atoms with Crippen LogP contribution in [0.2, 0.25) is 0 Å². The van der Waals surface area contributed by atoms with Crippen LogP contribution in [-0.4, -0.2) is 124 Å². The summed E-state index contributed by atoms with van der Waals surface area (Å²) in [6, 6.07) is -1.14. The average Bonchev–Trinajstić information content (AvgIpc) is 3.03. The maximum atomic E-state index is 12.2. The van der Waals surface area contributed by atoms with Crippen LogP contribution in [0.3, 0.4) is 0 Å². The number of hydroxylamine groups is 1. The van der Waals surface area contributed by atoms with Crippen LogP contribution in [-0.2, 0) is 42.9 Å². The summed E-state index contributed by atoms with van der Waals surface area (Å²) in [7, 11) is 0. The molecular weight excluding hydrogens is 620 g/mol. The fraction of sp³-hybridized carbons (Fsp3) is 0.839. The highest BCUT2D eigenvalue weighted by Crippen LogP contribution is 2.12. The lowest BCUT2D eigenvalue weighted by Crippen LogP contribution is -2.41. The molecule has 0 saturated carbocycles. The van der Waals surface area contributed by atoms with E-state index in [1.807, 2.05) is 5.48 Å². The summed E-state index contributed by atoms with van der Waals surface area (Å²) >= 11 is 0. The Morgan fingerprint density at radius 2 is 0.979 bits per heavy atom. The molecule has 0 rings (SSSR count). The molecule has 0 aromatic rings. The number of unbranched alkanes of at least 4 members (excludes halogenated alkanes) is 9. The highest BCUT2D eigenvalue weighted by molar-refractivity contribution is 5.84. The lowest BCUT2D eigenvalue weighted by molar-refractivity contribution is -0.142. The van der Waals surface area contributed by atoms with Crippen molar-refractivity contribution in [2.24, 2.45) is 0 Å². The monoisotopic (exact) mass is 678 g/mol. The molecule has 0 aliphatic carbocycles. The van der Waals surface area contributed by atoms with Crippen LogP contribution < -0.4 is 21.4 Å². The van der Waals surface area contributed by atoms with Gasteiger partial charge in [-0.1, -0.05) is 51.4 Å². The summed E-state index contributed by atoms with van der Waals surface area (Å²) in [5, 5.41) is 34.2. The summed E-state index contributed by atoms with van der Waals surface area (Å²) in [5.41, 5.74) is 1.98. The fourth-order valence-corrected chi connectivity index (χ4v) is 4.26. The van der Waals surface area contributed by atoms with Crippen molar-refractivity contribution >= 4 is 29.7 Å². The summed E-state index contributed by atoms with van der Waals surface area (Å²) in [6.45, 7) is 2.86. The Balaban J connectivity index is 3.68. The second-order valence-electron chi connectivity index (χ2n) is 10.9. The number of aliphatic carboxylic acids is 2. The molecule has 0 fully saturated rings. The SMILES string of the molecule is O=C(O)CCCCCCCCCCCCC(=O)N[C@@H](CCC(=O)NCCOCCOCC(=O)NCCOCCOCCNO)C(=O)O. The Kier molecular flexibility index (Phi) is 31.0. The van der Waals surface area contributed by atoms with Crippen molar-refractivity contribution in [3.8, 4) is 0 Å². The van der Waals surface area contributed by atoms with Gasteiger partial charge in [0.25, 0.3) is 0 Å². The van der Waals surface area contributed by atoms with Gasteiger partial charge in [-0.15, -0.1) is 0 Å². The lowest BCUT2D eigenvalue weighted by Gasteiger charge is -2.14. The zero-order chi connectivity index (χ0) is 34.8. The van der Waals surface area contributed by atoms with Crippen molar-refractivity contribution in [1.29, 1.82) is 0 Å². The zero-order valence-electron chi connectivity index (χ0n) is 27.8. The van der Waals surface area contributed by atoms with Crippen molar-refractivity contribution in [1.82, 2.24) is 21.4 Å². The number of carboxylic acids is 2. The van der Waals surface area contributed by atoms with Crippen molar-refractivity contribution in [3.05, 3.63) is 0 Å². The highest BCUT2D eigenvalue weighted by Gasteiger charge is 2.20. The van der Waals surface area contributed by atoms with Gasteiger partial charge in [-0.25, -0.2) is 10.3 Å². The number of rotatable bonds is 35. The number of amides is 3. The summed E-state index contributed by atoms with van der Waals surface area (Å²) in [4.78, 5) is 58.0. The molecule has 0 aromatic carbocycles. The first-order chi connectivity index (χ1) is 22.8. The van der Waals surface area contributed by atoms with Gasteiger partial charge >= 0.3 is 11.9 Å². The van der Waals surface area contributed by atoms with Gasteiger partial charge < -0.3 is 50.3 Å². The molecule has 274 valence electrons. The predicted octanol–water partition coefficient (Wildman–Crippen LogP) is 1.38. The first-order valence-electron chi connectivity index (χ1n) is 16.7. The van der Waals surface area contributed by atoms with E-state index in [0.29, 0.717) is 45.9 Å². The predicted molar refractivity (Wildman–Crippen MR) is 171 cm³/mol. The Hall–Kier alpha value is -2.89. The van der Waals surface area contributed by atoms with E-state index < -0.39 is 18.0 Å². The lowest BCUT2D eigenvalue weighted by atomic mass is 10.0. The minimum absolute atomic E-state index is 0.0239. The van der Waals surface area contributed by atoms with Crippen molar-refractivity contribution < 1.29 is 58.3 Å². The Labute approximate surface area is 277 Å². The van der Waals surface area contributed by atoms with E-state index >= 15 is 0 Å². The van der Waals surface area contributed by atoms with Crippen molar-refractivity contribution in [3.63, 3.8) is 0 Å². The van der Waals surface area contributed by atoms with Gasteiger partial charge in [-0.2, -0.15) is 0 Å². The molecule has 0 aliphatic rings. The highest BCUT2D eigenvalue weighted by atomic mass is 16.5. The maximum Gasteiger partial charge on any atom is 0.326 e. The normalized spacial score (nSPS) is 11.6. The molecule has 7 N–H and O–H groups in total. The first kappa shape index (κ1) is 44.1. The smallest absolute Gasteiger partial charge is 0.326 e. The second-order valence-corrected chi connectivity index (χ2v) is 10.9. The van der Waals surface area contributed by atoms with Gasteiger partial charge in [0.1, 0.15) is 12.6 Å². The van der Waals surface area contributed by atoms with E-state index in [-0.39, 0.29) is 76.4 Å². The number of hydrogen-bond acceptors (Lipinski definition) is 11. The molecule has 0 aromatic heterocycles. The molecule has 1 atom stereocenters. The average molecular weight is 679 g/mol. The molecule has 0 radical (unpaired) electrons. The molecule has 3 amide bonds. The number of nitrogens with one attached hydrogen (secondary N) is 4. The van der Waals surface area contributed by atoms with Crippen LogP contribution in [0.15, 0.2) is 0 Å². The third kappa shape index (κ3) is 32.8. The molecule has 0 spiro atoms. The minimum atomic E-state index is -1.19. The first-order valence-corrected chi connectivity index (χ1v) is 16.7. The van der Waals surface area contributed by atoms with E-state index in [9.17, 15) is 29.1 Å². The van der Waals surface area contributed by atoms with E-state index in [1.165, 1.54) is 0 Å². The van der Waals surface area contributed by atoms with E-state index in [0.717, 1.165) is 57.8 Å². The van der Waals surface area contributed by atoms with Crippen LogP contribution >= 0.6 is 0 Å². The zero-order valence-corrected chi connectivity index (χ0v) is 27.8. The number of carbonyl (C=O) groups excluding carboxylic acids is 3. The standard InChI is InChI=1S/C31H58N4O12/c36-27(32-15-18-45-23-24-47-25-29(38)33-16-19-44-21-22-46-20-17-34-43)14-13-26(31(41)42)35-28(37)11-9-7-5-3-1-2-4-6-8-10-12-30(39)40/h26,34,43H,1-25H2,(H,32,36)(H,33,38)(H,35,37)(H,39,40)(H,41,42)/t26-/m0/s1. The molecule has 0 aliphatic heterocycles. The van der Waals surface area contributed by atoms with Gasteiger partial charge in [0.2, 0.25) is 17.7 Å². The Morgan fingerprint density at radius 1 is 0.511 bits per heavy atom. The number of carbonyl (C=O) groups is 5. The molecular formula is C31H58N4O12. The number of ether oxygens (including phenoxy) is 4. The van der Waals surface area contributed by atoms with Gasteiger partial charge in [0.05, 0.1) is 46.2 Å². The third-order valence-electron chi connectivity index (χ3n) is 6.81. The summed E-state index contributed by atoms with van der Waals surface area (Å²) in [6.07, 6.45) is 10.1. The molecule has 47 heavy (non-hydrogen) atoms. The maximum absolute atomic E-state index is 12.2. The molecule has 0 bridgehead atoms. The second kappa shape index (κ2) is 33.0. The van der Waals surface area contributed by atoms with E-state index in [4.69, 9.17) is 29.3 Å². The van der Waals surface area contributed by atoms with Crippen LogP contribution in [0.4, 0.5) is 0 Å². The minimum Gasteiger partial charge on any atom is -0.481 e. The Bertz CT molecular complexity index is 834. The molecule has 16 heteroatoms. The fourth-order valence-electron chi connectivity index (χ4n) is 4.26. The van der Waals surface area contributed by atoms with Gasteiger partial charge in [0.15, 0.2) is 0 Å². The van der Waals surface area contributed by atoms with Gasteiger partial charge in [0, 0.05) is 38.9 Å². The quantitative estimate of drug-likeness (QED) is 0.0371. The largest absolute Gasteiger partial charge is 0.481 e. The van der Waals surface area contributed by atoms with Crippen molar-refractivity contribution in [2.75, 3.05) is 72.5 Å². The summed E-state index contributed by atoms with van der Waals surface area (Å²) in [5.74, 6) is -2.91. The van der Waals surface area contributed by atoms with E-state index in [1.54, 1.807) is 0 Å². The molecule has 0 heterocycles. The topological polar surface area (TPSA) is 231 Å². The van der Waals surface area contributed by atoms with E-state index in [2.05, 4.69) is 16.0 Å². The van der Waals surface area contributed by atoms with Gasteiger partial charge in [-0.05, 0) is 19.3 Å². The van der Waals surface area contributed by atoms with Crippen molar-refractivity contribution in [2.45, 2.75) is 95.9 Å². The molecule has 0 saturated heterocycles. The summed E-state index contributed by atoms with van der Waals surface area (Å²) < 4.78 is 21.0.